The summed E-state index contributed by atoms with van der Waals surface area (Å²) in [4.78, 5) is 13.7. The van der Waals surface area contributed by atoms with E-state index in [-0.39, 0.29) is 6.03 Å². The predicted molar refractivity (Wildman–Crippen MR) is 88.2 cm³/mol. The monoisotopic (exact) mass is 340 g/mol. The van der Waals surface area contributed by atoms with Crippen molar-refractivity contribution in [1.82, 2.24) is 10.2 Å². The van der Waals surface area contributed by atoms with Gasteiger partial charge in [0.05, 0.1) is 0 Å². The Morgan fingerprint density at radius 3 is 2.68 bits per heavy atom. The van der Waals surface area contributed by atoms with Gasteiger partial charge in [0.15, 0.2) is 0 Å². The molecule has 0 aromatic heterocycles. The van der Waals surface area contributed by atoms with Gasteiger partial charge in [0.1, 0.15) is 5.60 Å². The van der Waals surface area contributed by atoms with Gasteiger partial charge in [-0.15, -0.1) is 6.42 Å². The minimum Gasteiger partial charge on any atom is -0.377 e. The number of likely N-dealkylation sites (tertiary alicyclic amines) is 1. The molecular weight excluding hydrogens is 323 g/mol. The second kappa shape index (κ2) is 7.23. The van der Waals surface area contributed by atoms with Gasteiger partial charge < -0.3 is 15.3 Å². The minimum absolute atomic E-state index is 0.149. The smallest absolute Gasteiger partial charge is 0.317 e. The predicted octanol–water partition coefficient (Wildman–Crippen LogP) is 2.71. The largest absolute Gasteiger partial charge is 0.377 e. The molecule has 22 heavy (non-hydrogen) atoms. The first-order chi connectivity index (χ1) is 10.4. The van der Waals surface area contributed by atoms with E-state index in [0.29, 0.717) is 48.9 Å². The van der Waals surface area contributed by atoms with Crippen LogP contribution in [-0.2, 0) is 6.42 Å². The number of nitrogens with zero attached hydrogens (tertiary/aromatic N) is 1. The molecule has 0 bridgehead atoms. The Balaban J connectivity index is 1.78. The number of amides is 2. The number of nitrogens with one attached hydrogen (secondary N) is 1. The molecule has 0 aliphatic carbocycles. The number of halogens is 2. The molecule has 2 amide bonds. The molecule has 1 heterocycles. The van der Waals surface area contributed by atoms with Gasteiger partial charge in [-0.1, -0.05) is 35.2 Å². The third kappa shape index (κ3) is 4.30. The molecule has 1 saturated heterocycles. The van der Waals surface area contributed by atoms with Crippen molar-refractivity contribution in [2.45, 2.75) is 24.9 Å². The lowest BCUT2D eigenvalue weighted by molar-refractivity contribution is 0.0380. The van der Waals surface area contributed by atoms with E-state index in [2.05, 4.69) is 11.2 Å². The van der Waals surface area contributed by atoms with E-state index in [9.17, 15) is 9.90 Å². The Bertz CT molecular complexity index is 590. The Kier molecular flexibility index (Phi) is 5.57. The fourth-order valence-corrected chi connectivity index (χ4v) is 2.87. The molecule has 1 aliphatic rings. The lowest BCUT2D eigenvalue weighted by atomic mass is 9.93. The van der Waals surface area contributed by atoms with E-state index in [4.69, 9.17) is 29.6 Å². The number of hydrogen-bond donors (Lipinski definition) is 2. The first-order valence-electron chi connectivity index (χ1n) is 7.10. The van der Waals surface area contributed by atoms with E-state index >= 15 is 0 Å². The van der Waals surface area contributed by atoms with Crippen molar-refractivity contribution in [3.8, 4) is 12.3 Å². The molecule has 0 unspecified atom stereocenters. The summed E-state index contributed by atoms with van der Waals surface area (Å²) >= 11 is 11.9. The summed E-state index contributed by atoms with van der Waals surface area (Å²) in [5.74, 6) is 2.39. The molecule has 118 valence electrons. The fourth-order valence-electron chi connectivity index (χ4n) is 2.36. The molecule has 6 heteroatoms. The second-order valence-electron chi connectivity index (χ2n) is 5.38. The van der Waals surface area contributed by atoms with Gasteiger partial charge in [-0.05, 0) is 24.1 Å². The summed E-state index contributed by atoms with van der Waals surface area (Å²) in [5.41, 5.74) is -0.139. The molecule has 2 N–H and O–H groups in total. The Morgan fingerprint density at radius 2 is 2.09 bits per heavy atom. The van der Waals surface area contributed by atoms with Gasteiger partial charge in [0.2, 0.25) is 0 Å². The third-order valence-electron chi connectivity index (χ3n) is 3.83. The first-order valence-corrected chi connectivity index (χ1v) is 7.86. The Labute approximate surface area is 140 Å². The highest BCUT2D eigenvalue weighted by atomic mass is 35.5. The number of aliphatic hydroxyl groups is 1. The van der Waals surface area contributed by atoms with Crippen LogP contribution in [0.5, 0.6) is 0 Å². The number of carbonyl (C=O) groups is 1. The standard InChI is InChI=1S/C16H18Cl2N2O2/c1-2-16(22)6-9-20(10-7-16)15(21)19-8-5-12-3-4-13(17)11-14(12)18/h1,3-4,11,22H,5-10H2,(H,19,21). The molecule has 0 saturated carbocycles. The zero-order valence-electron chi connectivity index (χ0n) is 12.1. The van der Waals surface area contributed by atoms with Crippen molar-refractivity contribution in [2.75, 3.05) is 19.6 Å². The normalized spacial score (nSPS) is 16.9. The lowest BCUT2D eigenvalue weighted by Gasteiger charge is -2.34. The highest BCUT2D eigenvalue weighted by molar-refractivity contribution is 6.35. The maximum absolute atomic E-state index is 12.1. The van der Waals surface area contributed by atoms with Gasteiger partial charge >= 0.3 is 6.03 Å². The summed E-state index contributed by atoms with van der Waals surface area (Å²) in [7, 11) is 0. The summed E-state index contributed by atoms with van der Waals surface area (Å²) in [6, 6.07) is 5.16. The van der Waals surface area contributed by atoms with Gasteiger partial charge in [0.25, 0.3) is 0 Å². The van der Waals surface area contributed by atoms with Gasteiger partial charge in [0, 0.05) is 42.5 Å². The second-order valence-corrected chi connectivity index (χ2v) is 6.22. The van der Waals surface area contributed by atoms with Crippen LogP contribution in [0.25, 0.3) is 0 Å². The highest BCUT2D eigenvalue weighted by Gasteiger charge is 2.31. The maximum atomic E-state index is 12.1. The van der Waals surface area contributed by atoms with Crippen molar-refractivity contribution in [1.29, 1.82) is 0 Å². The van der Waals surface area contributed by atoms with Crippen molar-refractivity contribution in [2.24, 2.45) is 0 Å². The van der Waals surface area contributed by atoms with E-state index in [0.717, 1.165) is 5.56 Å². The lowest BCUT2D eigenvalue weighted by Crippen LogP contribution is -2.49. The van der Waals surface area contributed by atoms with Crippen molar-refractivity contribution in [3.05, 3.63) is 33.8 Å². The van der Waals surface area contributed by atoms with Crippen LogP contribution in [0.1, 0.15) is 18.4 Å². The number of piperidine rings is 1. The number of hydrogen-bond acceptors (Lipinski definition) is 2. The molecule has 0 atom stereocenters. The molecular formula is C16H18Cl2N2O2. The van der Waals surface area contributed by atoms with Crippen LogP contribution in [-0.4, -0.2) is 41.3 Å². The number of urea groups is 1. The fraction of sp³-hybridized carbons (Fsp3) is 0.438. The minimum atomic E-state index is -1.08. The van der Waals surface area contributed by atoms with Gasteiger partial charge in [-0.3, -0.25) is 0 Å². The van der Waals surface area contributed by atoms with Crippen LogP contribution in [0.15, 0.2) is 18.2 Å². The van der Waals surface area contributed by atoms with Crippen molar-refractivity contribution < 1.29 is 9.90 Å². The van der Waals surface area contributed by atoms with E-state index in [1.165, 1.54) is 0 Å². The number of rotatable bonds is 3. The average molecular weight is 341 g/mol. The first kappa shape index (κ1) is 17.0. The zero-order valence-corrected chi connectivity index (χ0v) is 13.6. The van der Waals surface area contributed by atoms with E-state index < -0.39 is 5.60 Å². The number of carbonyl (C=O) groups excluding carboxylic acids is 1. The molecule has 1 aromatic carbocycles. The number of terminal acetylenes is 1. The van der Waals surface area contributed by atoms with E-state index in [1.54, 1.807) is 17.0 Å². The molecule has 4 nitrogen and oxygen atoms in total. The summed E-state index contributed by atoms with van der Waals surface area (Å²) < 4.78 is 0. The van der Waals surface area contributed by atoms with Crippen LogP contribution in [0.2, 0.25) is 10.0 Å². The molecule has 2 rings (SSSR count). The van der Waals surface area contributed by atoms with Crippen LogP contribution in [0.4, 0.5) is 4.79 Å². The highest BCUT2D eigenvalue weighted by Crippen LogP contribution is 2.22. The van der Waals surface area contributed by atoms with Crippen LogP contribution >= 0.6 is 23.2 Å². The van der Waals surface area contributed by atoms with Gasteiger partial charge in [-0.2, -0.15) is 0 Å². The quantitative estimate of drug-likeness (QED) is 0.831. The summed E-state index contributed by atoms with van der Waals surface area (Å²) in [5, 5.41) is 14.0. The van der Waals surface area contributed by atoms with Crippen molar-refractivity contribution in [3.63, 3.8) is 0 Å². The molecule has 0 radical (unpaired) electrons. The molecule has 1 fully saturated rings. The van der Waals surface area contributed by atoms with Crippen molar-refractivity contribution >= 4 is 29.2 Å². The molecule has 0 spiro atoms. The Morgan fingerprint density at radius 1 is 1.41 bits per heavy atom. The topological polar surface area (TPSA) is 52.6 Å². The van der Waals surface area contributed by atoms with Crippen LogP contribution in [0.3, 0.4) is 0 Å². The molecule has 1 aromatic rings. The van der Waals surface area contributed by atoms with E-state index in [1.807, 2.05) is 6.07 Å². The average Bonchev–Trinajstić information content (AvgIpc) is 2.50. The summed E-state index contributed by atoms with van der Waals surface area (Å²) in [6.07, 6.45) is 6.72. The Hall–Kier alpha value is -1.41. The molecule has 1 aliphatic heterocycles. The zero-order chi connectivity index (χ0) is 16.2. The summed E-state index contributed by atoms with van der Waals surface area (Å²) in [6.45, 7) is 1.39. The van der Waals surface area contributed by atoms with Crippen LogP contribution in [0, 0.1) is 12.3 Å². The van der Waals surface area contributed by atoms with Crippen LogP contribution < -0.4 is 5.32 Å². The maximum Gasteiger partial charge on any atom is 0.317 e. The SMILES string of the molecule is C#CC1(O)CCN(C(=O)NCCc2ccc(Cl)cc2Cl)CC1. The van der Waals surface area contributed by atoms with Gasteiger partial charge in [-0.25, -0.2) is 4.79 Å². The number of benzene rings is 1. The third-order valence-corrected chi connectivity index (χ3v) is 4.42.